The van der Waals surface area contributed by atoms with Crippen molar-refractivity contribution in [2.24, 2.45) is 11.7 Å². The molecule has 2 rings (SSSR count). The predicted molar refractivity (Wildman–Crippen MR) is 76.2 cm³/mol. The van der Waals surface area contributed by atoms with Gasteiger partial charge in [0.25, 0.3) is 5.69 Å². The zero-order valence-corrected chi connectivity index (χ0v) is 11.3. The summed E-state index contributed by atoms with van der Waals surface area (Å²) < 4.78 is 0. The molecule has 0 spiro atoms. The Balaban J connectivity index is 2.33. The summed E-state index contributed by atoms with van der Waals surface area (Å²) in [6.07, 6.45) is 1.56. The third-order valence-corrected chi connectivity index (χ3v) is 3.75. The monoisotopic (exact) mass is 278 g/mol. The second-order valence-electron chi connectivity index (χ2n) is 5.22. The molecule has 2 unspecified atom stereocenters. The normalized spacial score (nSPS) is 22.6. The Bertz CT molecular complexity index is 546. The van der Waals surface area contributed by atoms with Crippen molar-refractivity contribution in [1.29, 1.82) is 0 Å². The van der Waals surface area contributed by atoms with E-state index in [9.17, 15) is 14.9 Å². The third kappa shape index (κ3) is 2.81. The molecule has 1 amide bonds. The number of nitro benzene ring substituents is 1. The minimum atomic E-state index is -0.472. The molecule has 108 valence electrons. The van der Waals surface area contributed by atoms with E-state index in [2.05, 4.69) is 0 Å². The maximum atomic E-state index is 11.3. The number of hydrogen-bond acceptors (Lipinski definition) is 5. The van der Waals surface area contributed by atoms with Crippen LogP contribution in [0.25, 0.3) is 0 Å². The Kier molecular flexibility index (Phi) is 3.78. The van der Waals surface area contributed by atoms with E-state index in [1.165, 1.54) is 12.1 Å². The molecule has 20 heavy (non-hydrogen) atoms. The number of anilines is 2. The Hall–Kier alpha value is -2.31. The molecule has 7 nitrogen and oxygen atoms in total. The van der Waals surface area contributed by atoms with E-state index in [1.807, 2.05) is 11.8 Å². The van der Waals surface area contributed by atoms with E-state index in [1.54, 1.807) is 6.07 Å². The molecule has 1 saturated heterocycles. The van der Waals surface area contributed by atoms with E-state index in [0.717, 1.165) is 12.8 Å². The first-order valence-corrected chi connectivity index (χ1v) is 6.49. The van der Waals surface area contributed by atoms with Crippen molar-refractivity contribution in [3.8, 4) is 0 Å². The van der Waals surface area contributed by atoms with Crippen molar-refractivity contribution < 1.29 is 9.72 Å². The summed E-state index contributed by atoms with van der Waals surface area (Å²) in [4.78, 5) is 23.7. The Morgan fingerprint density at radius 1 is 1.40 bits per heavy atom. The van der Waals surface area contributed by atoms with E-state index in [-0.39, 0.29) is 23.6 Å². The quantitative estimate of drug-likeness (QED) is 0.490. The van der Waals surface area contributed by atoms with Gasteiger partial charge >= 0.3 is 0 Å². The van der Waals surface area contributed by atoms with Gasteiger partial charge in [-0.15, -0.1) is 0 Å². The number of rotatable bonds is 3. The van der Waals surface area contributed by atoms with Gasteiger partial charge in [-0.1, -0.05) is 0 Å². The fourth-order valence-corrected chi connectivity index (χ4v) is 2.59. The number of nitrogens with zero attached hydrogens (tertiary/aromatic N) is 2. The summed E-state index contributed by atoms with van der Waals surface area (Å²) in [5.41, 5.74) is 12.0. The van der Waals surface area contributed by atoms with Crippen molar-refractivity contribution in [2.45, 2.75) is 25.8 Å². The third-order valence-electron chi connectivity index (χ3n) is 3.75. The Morgan fingerprint density at radius 2 is 2.10 bits per heavy atom. The van der Waals surface area contributed by atoms with Gasteiger partial charge in [-0.05, 0) is 25.8 Å². The van der Waals surface area contributed by atoms with Crippen molar-refractivity contribution in [2.75, 3.05) is 17.2 Å². The molecule has 0 bridgehead atoms. The minimum Gasteiger partial charge on any atom is -0.398 e. The molecule has 1 aliphatic heterocycles. The summed E-state index contributed by atoms with van der Waals surface area (Å²) in [6.45, 7) is 2.49. The van der Waals surface area contributed by atoms with Crippen molar-refractivity contribution in [3.63, 3.8) is 0 Å². The van der Waals surface area contributed by atoms with E-state index in [0.29, 0.717) is 17.9 Å². The fourth-order valence-electron chi connectivity index (χ4n) is 2.59. The molecular formula is C13H18N4O3. The molecule has 1 aromatic carbocycles. The summed E-state index contributed by atoms with van der Waals surface area (Å²) in [5.74, 6) is -0.563. The number of carbonyl (C=O) groups is 1. The van der Waals surface area contributed by atoms with Crippen molar-refractivity contribution in [3.05, 3.63) is 28.3 Å². The predicted octanol–water partition coefficient (Wildman–Crippen LogP) is 1.27. The smallest absolute Gasteiger partial charge is 0.273 e. The van der Waals surface area contributed by atoms with E-state index >= 15 is 0 Å². The maximum Gasteiger partial charge on any atom is 0.273 e. The average molecular weight is 278 g/mol. The molecule has 1 fully saturated rings. The highest BCUT2D eigenvalue weighted by molar-refractivity contribution is 5.78. The number of benzene rings is 1. The first-order valence-electron chi connectivity index (χ1n) is 6.49. The number of carbonyl (C=O) groups excluding carboxylic acids is 1. The van der Waals surface area contributed by atoms with Crippen LogP contribution < -0.4 is 16.4 Å². The minimum absolute atomic E-state index is 0.0478. The molecule has 4 N–H and O–H groups in total. The van der Waals surface area contributed by atoms with Gasteiger partial charge in [-0.25, -0.2) is 0 Å². The highest BCUT2D eigenvalue weighted by Gasteiger charge is 2.29. The average Bonchev–Trinajstić information content (AvgIpc) is 2.38. The lowest BCUT2D eigenvalue weighted by molar-refractivity contribution is -0.384. The molecule has 0 aliphatic carbocycles. The highest BCUT2D eigenvalue weighted by atomic mass is 16.6. The highest BCUT2D eigenvalue weighted by Crippen LogP contribution is 2.31. The molecule has 0 aromatic heterocycles. The number of nitrogen functional groups attached to an aromatic ring is 1. The molecule has 1 heterocycles. The standard InChI is InChI=1S/C13H18N4O3/c1-8-2-3-9(13(15)18)7-16(8)11-4-10(14)5-12(6-11)17(19)20/h4-6,8-9H,2-3,7,14H2,1H3,(H2,15,18). The molecular weight excluding hydrogens is 260 g/mol. The van der Waals surface area contributed by atoms with Gasteiger partial charge in [0.05, 0.1) is 10.8 Å². The summed E-state index contributed by atoms with van der Waals surface area (Å²) in [7, 11) is 0. The topological polar surface area (TPSA) is 115 Å². The summed E-state index contributed by atoms with van der Waals surface area (Å²) in [5, 5.41) is 10.9. The van der Waals surface area contributed by atoms with Crippen LogP contribution in [-0.4, -0.2) is 23.4 Å². The number of nitrogens with two attached hydrogens (primary N) is 2. The van der Waals surface area contributed by atoms with Gasteiger partial charge in [0, 0.05) is 36.1 Å². The number of piperidine rings is 1. The first kappa shape index (κ1) is 14.1. The number of non-ortho nitro benzene ring substituents is 1. The van der Waals surface area contributed by atoms with Crippen LogP contribution in [0.3, 0.4) is 0 Å². The first-order chi connectivity index (χ1) is 9.38. The van der Waals surface area contributed by atoms with Gasteiger partial charge in [0.15, 0.2) is 0 Å². The van der Waals surface area contributed by atoms with Crippen LogP contribution in [-0.2, 0) is 4.79 Å². The lowest BCUT2D eigenvalue weighted by Crippen LogP contribution is -2.45. The van der Waals surface area contributed by atoms with Crippen LogP contribution >= 0.6 is 0 Å². The molecule has 0 saturated carbocycles. The van der Waals surface area contributed by atoms with Gasteiger partial charge in [0.2, 0.25) is 5.91 Å². The van der Waals surface area contributed by atoms with E-state index < -0.39 is 4.92 Å². The molecule has 7 heteroatoms. The molecule has 2 atom stereocenters. The molecule has 1 aliphatic rings. The van der Waals surface area contributed by atoms with E-state index in [4.69, 9.17) is 11.5 Å². The van der Waals surface area contributed by atoms with Gasteiger partial charge in [0.1, 0.15) is 0 Å². The Morgan fingerprint density at radius 3 is 2.70 bits per heavy atom. The number of amides is 1. The summed E-state index contributed by atoms with van der Waals surface area (Å²) >= 11 is 0. The number of nitro groups is 1. The SMILES string of the molecule is CC1CCC(C(N)=O)CN1c1cc(N)cc([N+](=O)[O-])c1. The van der Waals surface area contributed by atoms with Crippen LogP contribution in [0, 0.1) is 16.0 Å². The number of primary amides is 1. The Labute approximate surface area is 116 Å². The van der Waals surface area contributed by atoms with Crippen LogP contribution in [0.2, 0.25) is 0 Å². The maximum absolute atomic E-state index is 11.3. The zero-order chi connectivity index (χ0) is 14.9. The molecule has 1 aromatic rings. The van der Waals surface area contributed by atoms with Gasteiger partial charge in [-0.3, -0.25) is 14.9 Å². The van der Waals surface area contributed by atoms with Crippen LogP contribution in [0.1, 0.15) is 19.8 Å². The lowest BCUT2D eigenvalue weighted by atomic mass is 9.92. The van der Waals surface area contributed by atoms with Crippen LogP contribution in [0.15, 0.2) is 18.2 Å². The van der Waals surface area contributed by atoms with Gasteiger partial charge < -0.3 is 16.4 Å². The van der Waals surface area contributed by atoms with Crippen molar-refractivity contribution >= 4 is 23.0 Å². The second kappa shape index (κ2) is 5.36. The van der Waals surface area contributed by atoms with Crippen molar-refractivity contribution in [1.82, 2.24) is 0 Å². The zero-order valence-electron chi connectivity index (χ0n) is 11.3. The second-order valence-corrected chi connectivity index (χ2v) is 5.22. The fraction of sp³-hybridized carbons (Fsp3) is 0.462. The largest absolute Gasteiger partial charge is 0.398 e. The van der Waals surface area contributed by atoms with Crippen LogP contribution in [0.5, 0.6) is 0 Å². The van der Waals surface area contributed by atoms with Crippen LogP contribution in [0.4, 0.5) is 17.1 Å². The van der Waals surface area contributed by atoms with Gasteiger partial charge in [-0.2, -0.15) is 0 Å². The molecule has 0 radical (unpaired) electrons. The number of hydrogen-bond donors (Lipinski definition) is 2. The lowest BCUT2D eigenvalue weighted by Gasteiger charge is -2.38. The summed E-state index contributed by atoms with van der Waals surface area (Å²) in [6, 6.07) is 4.68.